The van der Waals surface area contributed by atoms with Crippen LogP contribution in [0.1, 0.15) is 5.56 Å². The van der Waals surface area contributed by atoms with Crippen LogP contribution in [0.25, 0.3) is 22.6 Å². The molecule has 0 unspecified atom stereocenters. The molecule has 0 radical (unpaired) electrons. The number of imidazole rings is 1. The van der Waals surface area contributed by atoms with Crippen LogP contribution < -0.4 is 11.2 Å². The number of fused-ring (bicyclic) bond motifs is 1. The molecular weight excluding hydrogens is 366 g/mol. The Kier molecular flexibility index (Phi) is 3.91. The van der Waals surface area contributed by atoms with Crippen molar-refractivity contribution in [2.45, 2.75) is 6.54 Å². The van der Waals surface area contributed by atoms with Crippen LogP contribution in [0.4, 0.5) is 5.69 Å². The maximum absolute atomic E-state index is 12.3. The van der Waals surface area contributed by atoms with Crippen LogP contribution in [0.2, 0.25) is 0 Å². The van der Waals surface area contributed by atoms with Gasteiger partial charge >= 0.3 is 5.69 Å². The minimum absolute atomic E-state index is 0.0272. The maximum atomic E-state index is 12.3. The molecule has 0 aliphatic rings. The lowest BCUT2D eigenvalue weighted by Gasteiger charge is -2.01. The molecule has 4 aromatic rings. The monoisotopic (exact) mass is 381 g/mol. The Hall–Kier alpha value is -4.02. The van der Waals surface area contributed by atoms with E-state index in [9.17, 15) is 19.7 Å². The molecule has 0 saturated carbocycles. The number of hydrogen-bond acceptors (Lipinski definition) is 6. The summed E-state index contributed by atoms with van der Waals surface area (Å²) >= 11 is 0. The summed E-state index contributed by atoms with van der Waals surface area (Å²) in [7, 11) is 2.96. The lowest BCUT2D eigenvalue weighted by atomic mass is 10.2. The first kappa shape index (κ1) is 17.4. The summed E-state index contributed by atoms with van der Waals surface area (Å²) in [5.74, 6) is 0.420. The highest BCUT2D eigenvalue weighted by Gasteiger charge is 2.15. The Bertz CT molecular complexity index is 1320. The molecular formula is C17H15N7O4. The predicted octanol–water partition coefficient (Wildman–Crippen LogP) is 0.780. The van der Waals surface area contributed by atoms with Crippen molar-refractivity contribution in [3.63, 3.8) is 0 Å². The third-order valence-electron chi connectivity index (χ3n) is 4.49. The van der Waals surface area contributed by atoms with Gasteiger partial charge in [-0.1, -0.05) is 12.1 Å². The van der Waals surface area contributed by atoms with Gasteiger partial charge in [-0.25, -0.2) is 9.78 Å². The van der Waals surface area contributed by atoms with Gasteiger partial charge in [0.1, 0.15) is 11.3 Å². The molecule has 4 rings (SSSR count). The van der Waals surface area contributed by atoms with Gasteiger partial charge in [0.05, 0.1) is 23.2 Å². The van der Waals surface area contributed by atoms with E-state index in [2.05, 4.69) is 15.1 Å². The molecule has 142 valence electrons. The van der Waals surface area contributed by atoms with Crippen LogP contribution in [-0.4, -0.2) is 33.8 Å². The molecule has 3 aromatic heterocycles. The molecule has 1 N–H and O–H groups in total. The fourth-order valence-corrected chi connectivity index (χ4v) is 2.95. The number of rotatable bonds is 4. The molecule has 0 saturated heterocycles. The molecule has 11 heteroatoms. The second kappa shape index (κ2) is 6.30. The van der Waals surface area contributed by atoms with Gasteiger partial charge in [-0.2, -0.15) is 5.10 Å². The van der Waals surface area contributed by atoms with E-state index in [-0.39, 0.29) is 16.9 Å². The molecule has 0 fully saturated rings. The number of nitro groups is 1. The molecule has 11 nitrogen and oxygen atoms in total. The molecule has 3 heterocycles. The van der Waals surface area contributed by atoms with Crippen molar-refractivity contribution in [1.82, 2.24) is 28.9 Å². The average molecular weight is 381 g/mol. The number of aromatic amines is 1. The van der Waals surface area contributed by atoms with Crippen LogP contribution in [0.3, 0.4) is 0 Å². The van der Waals surface area contributed by atoms with Gasteiger partial charge in [0.15, 0.2) is 5.65 Å². The molecule has 0 bridgehead atoms. The number of H-pyrrole nitrogens is 1. The van der Waals surface area contributed by atoms with Crippen LogP contribution in [0, 0.1) is 10.1 Å². The summed E-state index contributed by atoms with van der Waals surface area (Å²) in [4.78, 5) is 41.9. The van der Waals surface area contributed by atoms with Crippen molar-refractivity contribution in [2.75, 3.05) is 0 Å². The van der Waals surface area contributed by atoms with Gasteiger partial charge in [0.25, 0.3) is 11.2 Å². The summed E-state index contributed by atoms with van der Waals surface area (Å²) < 4.78 is 3.97. The minimum Gasteiger partial charge on any atom is -0.332 e. The number of non-ortho nitro benzene ring substituents is 1. The number of hydrogen-bond donors (Lipinski definition) is 1. The van der Waals surface area contributed by atoms with Crippen LogP contribution in [0.15, 0.2) is 46.2 Å². The highest BCUT2D eigenvalue weighted by Crippen LogP contribution is 2.18. The molecule has 0 aliphatic carbocycles. The standard InChI is InChI=1S/C17H15N7O4/c1-21-15-13(16(25)22(2)17(21)26)19-14(20-15)11-7-18-23(9-11)8-10-3-5-12(6-4-10)24(27)28/h3-7,9H,8H2,1-2H3,(H,19,20). The lowest BCUT2D eigenvalue weighted by Crippen LogP contribution is -2.36. The Morgan fingerprint density at radius 1 is 1.14 bits per heavy atom. The van der Waals surface area contributed by atoms with Crippen molar-refractivity contribution in [1.29, 1.82) is 0 Å². The highest BCUT2D eigenvalue weighted by atomic mass is 16.6. The number of benzene rings is 1. The molecule has 28 heavy (non-hydrogen) atoms. The molecule has 0 aliphatic heterocycles. The van der Waals surface area contributed by atoms with Crippen molar-refractivity contribution >= 4 is 16.9 Å². The first-order valence-electron chi connectivity index (χ1n) is 8.27. The average Bonchev–Trinajstić information content (AvgIpc) is 3.32. The minimum atomic E-state index is -0.454. The van der Waals surface area contributed by atoms with E-state index in [1.807, 2.05) is 0 Å². The fraction of sp³-hybridized carbons (Fsp3) is 0.176. The highest BCUT2D eigenvalue weighted by molar-refractivity contribution is 5.75. The van der Waals surface area contributed by atoms with Gasteiger partial charge in [-0.3, -0.25) is 28.7 Å². The Morgan fingerprint density at radius 3 is 2.54 bits per heavy atom. The van der Waals surface area contributed by atoms with Gasteiger partial charge in [-0.05, 0) is 5.56 Å². The van der Waals surface area contributed by atoms with Crippen LogP contribution in [0.5, 0.6) is 0 Å². The summed E-state index contributed by atoms with van der Waals surface area (Å²) in [6, 6.07) is 6.21. The summed E-state index contributed by atoms with van der Waals surface area (Å²) in [6.07, 6.45) is 3.33. The summed E-state index contributed by atoms with van der Waals surface area (Å²) in [5, 5.41) is 15.0. The first-order valence-corrected chi connectivity index (χ1v) is 8.27. The fourth-order valence-electron chi connectivity index (χ4n) is 2.95. The van der Waals surface area contributed by atoms with E-state index in [0.29, 0.717) is 17.9 Å². The third-order valence-corrected chi connectivity index (χ3v) is 4.49. The lowest BCUT2D eigenvalue weighted by molar-refractivity contribution is -0.384. The number of nitrogens with zero attached hydrogens (tertiary/aromatic N) is 6. The first-order chi connectivity index (χ1) is 13.3. The number of nitrogens with one attached hydrogen (secondary N) is 1. The number of aryl methyl sites for hydroxylation is 1. The largest absolute Gasteiger partial charge is 0.332 e. The SMILES string of the molecule is Cn1c(=O)c2[nH]c(-c3cnn(Cc4ccc([N+](=O)[O-])cc4)c3)nc2n(C)c1=O. The molecule has 0 atom stereocenters. The van der Waals surface area contributed by atoms with E-state index < -0.39 is 16.2 Å². The Morgan fingerprint density at radius 2 is 1.86 bits per heavy atom. The predicted molar refractivity (Wildman–Crippen MR) is 100.0 cm³/mol. The zero-order valence-corrected chi connectivity index (χ0v) is 15.0. The van der Waals surface area contributed by atoms with E-state index in [1.54, 1.807) is 36.3 Å². The van der Waals surface area contributed by atoms with Gasteiger partial charge in [0, 0.05) is 32.4 Å². The zero-order chi connectivity index (χ0) is 20.0. The van der Waals surface area contributed by atoms with Crippen LogP contribution >= 0.6 is 0 Å². The summed E-state index contributed by atoms with van der Waals surface area (Å²) in [6.45, 7) is 0.415. The number of aromatic nitrogens is 6. The van der Waals surface area contributed by atoms with Crippen LogP contribution in [-0.2, 0) is 20.6 Å². The topological polar surface area (TPSA) is 134 Å². The van der Waals surface area contributed by atoms with E-state index in [0.717, 1.165) is 10.1 Å². The van der Waals surface area contributed by atoms with E-state index in [1.165, 1.54) is 23.7 Å². The van der Waals surface area contributed by atoms with Crippen molar-refractivity contribution in [3.8, 4) is 11.4 Å². The molecule has 0 spiro atoms. The maximum Gasteiger partial charge on any atom is 0.332 e. The Labute approximate surface area is 156 Å². The second-order valence-corrected chi connectivity index (χ2v) is 6.34. The third kappa shape index (κ3) is 2.78. The molecule has 1 aromatic carbocycles. The summed E-state index contributed by atoms with van der Waals surface area (Å²) in [5.41, 5.74) is 1.13. The smallest absolute Gasteiger partial charge is 0.332 e. The zero-order valence-electron chi connectivity index (χ0n) is 15.0. The normalized spacial score (nSPS) is 11.2. The van der Waals surface area contributed by atoms with Crippen molar-refractivity contribution in [3.05, 3.63) is 73.2 Å². The van der Waals surface area contributed by atoms with E-state index >= 15 is 0 Å². The van der Waals surface area contributed by atoms with Gasteiger partial charge in [-0.15, -0.1) is 0 Å². The molecule has 0 amide bonds. The number of nitro benzene ring substituents is 1. The van der Waals surface area contributed by atoms with Crippen molar-refractivity contribution < 1.29 is 4.92 Å². The van der Waals surface area contributed by atoms with Crippen molar-refractivity contribution in [2.24, 2.45) is 14.1 Å². The second-order valence-electron chi connectivity index (χ2n) is 6.34. The van der Waals surface area contributed by atoms with Gasteiger partial charge < -0.3 is 4.98 Å². The quantitative estimate of drug-likeness (QED) is 0.410. The van der Waals surface area contributed by atoms with Gasteiger partial charge in [0.2, 0.25) is 0 Å². The van der Waals surface area contributed by atoms with E-state index in [4.69, 9.17) is 0 Å². The Balaban J connectivity index is 1.67.